The third-order valence-electron chi connectivity index (χ3n) is 5.11. The number of benzene rings is 2. The second-order valence-corrected chi connectivity index (χ2v) is 9.94. The molecule has 0 fully saturated rings. The summed E-state index contributed by atoms with van der Waals surface area (Å²) < 4.78 is 1.96. The van der Waals surface area contributed by atoms with Crippen molar-refractivity contribution in [3.05, 3.63) is 65.7 Å². The molecule has 1 atom stereocenters. The number of nitrogens with zero attached hydrogens (tertiary/aromatic N) is 4. The molecule has 6 heteroatoms. The molecule has 3 rings (SSSR count). The van der Waals surface area contributed by atoms with Crippen LogP contribution in [0.3, 0.4) is 0 Å². The van der Waals surface area contributed by atoms with Crippen molar-refractivity contribution in [2.75, 3.05) is 7.05 Å². The van der Waals surface area contributed by atoms with Gasteiger partial charge in [0.15, 0.2) is 11.0 Å². The van der Waals surface area contributed by atoms with Crippen LogP contribution in [0.1, 0.15) is 38.8 Å². The zero-order valence-electron chi connectivity index (χ0n) is 18.6. The minimum atomic E-state index is -0.252. The Morgan fingerprint density at radius 3 is 2.30 bits per heavy atom. The molecule has 5 nitrogen and oxygen atoms in total. The SMILES string of the molecule is CC(Sc1nnc(-c2ccc(C(C)(C)C)cc2)n1C)C(=O)N(C)Cc1ccccc1. The van der Waals surface area contributed by atoms with Gasteiger partial charge in [0.2, 0.25) is 5.91 Å². The smallest absolute Gasteiger partial charge is 0.235 e. The predicted octanol–water partition coefficient (Wildman–Crippen LogP) is 4.92. The van der Waals surface area contributed by atoms with E-state index in [0.717, 1.165) is 22.1 Å². The lowest BCUT2D eigenvalue weighted by molar-refractivity contribution is -0.129. The summed E-state index contributed by atoms with van der Waals surface area (Å²) in [6.07, 6.45) is 0. The van der Waals surface area contributed by atoms with Crippen LogP contribution in [0.5, 0.6) is 0 Å². The summed E-state index contributed by atoms with van der Waals surface area (Å²) in [6.45, 7) is 9.11. The number of thioether (sulfide) groups is 1. The van der Waals surface area contributed by atoms with Gasteiger partial charge in [0.1, 0.15) is 0 Å². The third-order valence-corrected chi connectivity index (χ3v) is 6.23. The zero-order chi connectivity index (χ0) is 21.9. The number of aromatic nitrogens is 3. The number of amides is 1. The standard InChI is InChI=1S/C24H30N4OS/c1-17(22(29)27(5)16-18-10-8-7-9-11-18)30-23-26-25-21(28(23)6)19-12-14-20(15-13-19)24(2,3)4/h7-15,17H,16H2,1-6H3. The van der Waals surface area contributed by atoms with Gasteiger partial charge in [-0.2, -0.15) is 0 Å². The average Bonchev–Trinajstić information content (AvgIpc) is 3.07. The summed E-state index contributed by atoms with van der Waals surface area (Å²) in [4.78, 5) is 14.6. The molecule has 2 aromatic carbocycles. The van der Waals surface area contributed by atoms with E-state index < -0.39 is 0 Å². The van der Waals surface area contributed by atoms with Gasteiger partial charge in [-0.25, -0.2) is 0 Å². The van der Waals surface area contributed by atoms with Crippen LogP contribution < -0.4 is 0 Å². The third kappa shape index (κ3) is 5.11. The Balaban J connectivity index is 1.69. The van der Waals surface area contributed by atoms with Crippen LogP contribution in [0.2, 0.25) is 0 Å². The summed E-state index contributed by atoms with van der Waals surface area (Å²) in [6, 6.07) is 18.5. The van der Waals surface area contributed by atoms with Gasteiger partial charge < -0.3 is 9.47 Å². The van der Waals surface area contributed by atoms with Gasteiger partial charge >= 0.3 is 0 Å². The van der Waals surface area contributed by atoms with Crippen molar-refractivity contribution in [2.24, 2.45) is 7.05 Å². The van der Waals surface area contributed by atoms with Gasteiger partial charge in [0.05, 0.1) is 5.25 Å². The molecule has 1 amide bonds. The molecule has 3 aromatic rings. The molecule has 30 heavy (non-hydrogen) atoms. The quantitative estimate of drug-likeness (QED) is 0.529. The Bertz CT molecular complexity index is 990. The highest BCUT2D eigenvalue weighted by Crippen LogP contribution is 2.28. The minimum Gasteiger partial charge on any atom is -0.340 e. The Morgan fingerprint density at radius 2 is 1.70 bits per heavy atom. The molecule has 0 radical (unpaired) electrons. The minimum absolute atomic E-state index is 0.0722. The van der Waals surface area contributed by atoms with Gasteiger partial charge in [0.25, 0.3) is 0 Å². The van der Waals surface area contributed by atoms with Gasteiger partial charge in [-0.05, 0) is 23.5 Å². The maximum Gasteiger partial charge on any atom is 0.235 e. The van der Waals surface area contributed by atoms with Crippen LogP contribution >= 0.6 is 11.8 Å². The fourth-order valence-corrected chi connectivity index (χ4v) is 4.17. The van der Waals surface area contributed by atoms with Crippen LogP contribution in [-0.4, -0.2) is 37.9 Å². The predicted molar refractivity (Wildman–Crippen MR) is 123 cm³/mol. The molecule has 0 saturated heterocycles. The van der Waals surface area contributed by atoms with Crippen LogP contribution in [-0.2, 0) is 23.8 Å². The Kier molecular flexibility index (Phi) is 6.66. The first-order valence-corrected chi connectivity index (χ1v) is 11.0. The van der Waals surface area contributed by atoms with Gasteiger partial charge in [-0.1, -0.05) is 87.1 Å². The summed E-state index contributed by atoms with van der Waals surface area (Å²) in [5.41, 5.74) is 3.53. The Labute approximate surface area is 183 Å². The van der Waals surface area contributed by atoms with Crippen molar-refractivity contribution in [1.29, 1.82) is 0 Å². The maximum absolute atomic E-state index is 12.8. The largest absolute Gasteiger partial charge is 0.340 e. The highest BCUT2D eigenvalue weighted by molar-refractivity contribution is 8.00. The highest BCUT2D eigenvalue weighted by Gasteiger charge is 2.22. The molecule has 1 heterocycles. The van der Waals surface area contributed by atoms with E-state index in [-0.39, 0.29) is 16.6 Å². The molecular weight excluding hydrogens is 392 g/mol. The van der Waals surface area contributed by atoms with Crippen LogP contribution in [0.15, 0.2) is 59.8 Å². The number of carbonyl (C=O) groups is 1. The molecule has 0 saturated carbocycles. The summed E-state index contributed by atoms with van der Waals surface area (Å²) in [7, 11) is 3.78. The fourth-order valence-electron chi connectivity index (χ4n) is 3.24. The van der Waals surface area contributed by atoms with Crippen molar-refractivity contribution >= 4 is 17.7 Å². The first-order valence-electron chi connectivity index (χ1n) is 10.1. The van der Waals surface area contributed by atoms with Crippen molar-refractivity contribution < 1.29 is 4.79 Å². The topological polar surface area (TPSA) is 51.0 Å². The number of hydrogen-bond acceptors (Lipinski definition) is 4. The summed E-state index contributed by atoms with van der Waals surface area (Å²) in [5, 5.41) is 9.19. The first-order chi connectivity index (χ1) is 14.2. The fraction of sp³-hybridized carbons (Fsp3) is 0.375. The van der Waals surface area contributed by atoms with Gasteiger partial charge in [-0.15, -0.1) is 10.2 Å². The lowest BCUT2D eigenvalue weighted by Gasteiger charge is -2.21. The molecule has 0 spiro atoms. The molecule has 0 aliphatic heterocycles. The first kappa shape index (κ1) is 22.1. The normalized spacial score (nSPS) is 12.6. The second kappa shape index (κ2) is 9.04. The number of rotatable bonds is 6. The number of hydrogen-bond donors (Lipinski definition) is 0. The average molecular weight is 423 g/mol. The maximum atomic E-state index is 12.8. The van der Waals surface area contributed by atoms with E-state index in [1.54, 1.807) is 4.90 Å². The molecule has 0 bridgehead atoms. The van der Waals surface area contributed by atoms with E-state index in [4.69, 9.17) is 0 Å². The van der Waals surface area contributed by atoms with Crippen molar-refractivity contribution in [1.82, 2.24) is 19.7 Å². The van der Waals surface area contributed by atoms with Crippen molar-refractivity contribution in [3.63, 3.8) is 0 Å². The van der Waals surface area contributed by atoms with E-state index in [1.807, 2.05) is 55.9 Å². The zero-order valence-corrected chi connectivity index (χ0v) is 19.4. The Hall–Kier alpha value is -2.60. The lowest BCUT2D eigenvalue weighted by atomic mass is 9.87. The Morgan fingerprint density at radius 1 is 1.07 bits per heavy atom. The molecule has 1 unspecified atom stereocenters. The number of carbonyl (C=O) groups excluding carboxylic acids is 1. The molecule has 0 N–H and O–H groups in total. The van der Waals surface area contributed by atoms with Gasteiger partial charge in [-0.3, -0.25) is 4.79 Å². The van der Waals surface area contributed by atoms with E-state index in [0.29, 0.717) is 6.54 Å². The molecule has 1 aromatic heterocycles. The van der Waals surface area contributed by atoms with Crippen LogP contribution in [0, 0.1) is 0 Å². The van der Waals surface area contributed by atoms with E-state index in [1.165, 1.54) is 17.3 Å². The molecule has 0 aliphatic rings. The van der Waals surface area contributed by atoms with E-state index >= 15 is 0 Å². The highest BCUT2D eigenvalue weighted by atomic mass is 32.2. The molecule has 158 valence electrons. The van der Waals surface area contributed by atoms with Crippen LogP contribution in [0.25, 0.3) is 11.4 Å². The van der Waals surface area contributed by atoms with Crippen molar-refractivity contribution in [2.45, 2.75) is 50.1 Å². The van der Waals surface area contributed by atoms with Gasteiger partial charge in [0, 0.05) is 26.2 Å². The second-order valence-electron chi connectivity index (χ2n) is 8.63. The van der Waals surface area contributed by atoms with E-state index in [9.17, 15) is 4.79 Å². The van der Waals surface area contributed by atoms with Crippen LogP contribution in [0.4, 0.5) is 0 Å². The lowest BCUT2D eigenvalue weighted by Crippen LogP contribution is -2.32. The summed E-state index contributed by atoms with van der Waals surface area (Å²) >= 11 is 1.44. The molecular formula is C24H30N4OS. The van der Waals surface area contributed by atoms with Crippen molar-refractivity contribution in [3.8, 4) is 11.4 Å². The molecule has 0 aliphatic carbocycles. The van der Waals surface area contributed by atoms with E-state index in [2.05, 4.69) is 55.2 Å². The monoisotopic (exact) mass is 422 g/mol. The summed E-state index contributed by atoms with van der Waals surface area (Å²) in [5.74, 6) is 0.873.